The Labute approximate surface area is 148 Å². The van der Waals surface area contributed by atoms with Crippen molar-refractivity contribution in [2.24, 2.45) is 0 Å². The van der Waals surface area contributed by atoms with Crippen LogP contribution in [0.5, 0.6) is 0 Å². The molecule has 0 spiro atoms. The summed E-state index contributed by atoms with van der Waals surface area (Å²) in [5.74, 6) is -1.62. The lowest BCUT2D eigenvalue weighted by molar-refractivity contribution is -0.137. The smallest absolute Gasteiger partial charge is 0.305 e. The van der Waals surface area contributed by atoms with Crippen LogP contribution in [-0.2, 0) is 19.4 Å². The summed E-state index contributed by atoms with van der Waals surface area (Å²) in [6, 6.07) is 4.57. The van der Waals surface area contributed by atoms with E-state index in [-0.39, 0.29) is 24.2 Å². The van der Waals surface area contributed by atoms with E-state index in [0.29, 0.717) is 18.4 Å². The molecule has 1 aromatic carbocycles. The van der Waals surface area contributed by atoms with E-state index < -0.39 is 32.5 Å². The fourth-order valence-electron chi connectivity index (χ4n) is 3.44. The zero-order chi connectivity index (χ0) is 18.8. The van der Waals surface area contributed by atoms with Crippen LogP contribution in [0.25, 0.3) is 0 Å². The quantitative estimate of drug-likeness (QED) is 0.804. The molecule has 25 heavy (non-hydrogen) atoms. The normalized spacial score (nSPS) is 17.9. The minimum absolute atomic E-state index is 0.190. The predicted octanol–water partition coefficient (Wildman–Crippen LogP) is 2.37. The first kappa shape index (κ1) is 19.4. The Kier molecular flexibility index (Phi) is 5.56. The number of carbonyl (C=O) groups is 2. The van der Waals surface area contributed by atoms with E-state index in [1.54, 1.807) is 26.0 Å². The molecule has 1 aliphatic rings. The Morgan fingerprint density at radius 2 is 1.84 bits per heavy atom. The van der Waals surface area contributed by atoms with Gasteiger partial charge in [-0.3, -0.25) is 9.59 Å². The van der Waals surface area contributed by atoms with Gasteiger partial charge in [0.1, 0.15) is 0 Å². The molecule has 7 heteroatoms. The van der Waals surface area contributed by atoms with Gasteiger partial charge in [0.25, 0.3) is 0 Å². The Hall–Kier alpha value is -1.89. The highest BCUT2D eigenvalue weighted by atomic mass is 32.2. The third-order valence-electron chi connectivity index (χ3n) is 4.83. The number of benzene rings is 1. The van der Waals surface area contributed by atoms with Gasteiger partial charge >= 0.3 is 5.97 Å². The summed E-state index contributed by atoms with van der Waals surface area (Å²) in [7, 11) is -3.89. The van der Waals surface area contributed by atoms with Crippen LogP contribution < -0.4 is 5.32 Å². The summed E-state index contributed by atoms with van der Waals surface area (Å²) in [6.07, 6.45) is 1.59. The first-order chi connectivity index (χ1) is 11.6. The molecule has 6 nitrogen and oxygen atoms in total. The molecule has 0 heterocycles. The van der Waals surface area contributed by atoms with E-state index in [4.69, 9.17) is 5.11 Å². The van der Waals surface area contributed by atoms with Crippen molar-refractivity contribution in [3.8, 4) is 0 Å². The van der Waals surface area contributed by atoms with Crippen LogP contribution in [0.3, 0.4) is 0 Å². The molecule has 0 saturated heterocycles. The minimum Gasteiger partial charge on any atom is -0.481 e. The van der Waals surface area contributed by atoms with Crippen LogP contribution in [0.1, 0.15) is 50.2 Å². The molecular formula is C18H25NO5S. The van der Waals surface area contributed by atoms with E-state index in [9.17, 15) is 18.0 Å². The highest BCUT2D eigenvalue weighted by molar-refractivity contribution is 7.93. The number of amides is 1. The van der Waals surface area contributed by atoms with Crippen molar-refractivity contribution < 1.29 is 23.1 Å². The lowest BCUT2D eigenvalue weighted by Gasteiger charge is -2.29. The third-order valence-corrected chi connectivity index (χ3v) is 7.47. The van der Waals surface area contributed by atoms with Crippen molar-refractivity contribution in [1.82, 2.24) is 5.32 Å². The fourth-order valence-corrected chi connectivity index (χ4v) is 5.82. The van der Waals surface area contributed by atoms with E-state index in [0.717, 1.165) is 5.56 Å². The molecule has 2 N–H and O–H groups in total. The molecule has 0 aromatic heterocycles. The highest BCUT2D eigenvalue weighted by Gasteiger charge is 2.53. The number of hydrogen-bond acceptors (Lipinski definition) is 4. The largest absolute Gasteiger partial charge is 0.481 e. The molecule has 1 saturated carbocycles. The number of nitrogens with one attached hydrogen (secondary N) is 1. The van der Waals surface area contributed by atoms with Gasteiger partial charge in [-0.2, -0.15) is 0 Å². The Balaban J connectivity index is 2.43. The predicted molar refractivity (Wildman–Crippen MR) is 94.2 cm³/mol. The molecule has 138 valence electrons. The van der Waals surface area contributed by atoms with Gasteiger partial charge in [-0.25, -0.2) is 8.42 Å². The molecule has 1 atom stereocenters. The SMILES string of the molecule is Cc1ccc(C)c(S(=O)(=O)C2(C(=O)NC(C)CC(=O)O)CCCC2)c1. The molecule has 2 rings (SSSR count). The summed E-state index contributed by atoms with van der Waals surface area (Å²) < 4.78 is 25.3. The van der Waals surface area contributed by atoms with Crippen LogP contribution in [0.15, 0.2) is 23.1 Å². The van der Waals surface area contributed by atoms with Gasteiger partial charge in [-0.1, -0.05) is 25.0 Å². The van der Waals surface area contributed by atoms with Crippen molar-refractivity contribution in [2.75, 3.05) is 0 Å². The number of aliphatic carboxylic acids is 1. The minimum atomic E-state index is -3.89. The number of rotatable bonds is 6. The average molecular weight is 367 g/mol. The molecule has 0 bridgehead atoms. The first-order valence-electron chi connectivity index (χ1n) is 8.45. The molecule has 0 aliphatic heterocycles. The van der Waals surface area contributed by atoms with E-state index in [1.807, 2.05) is 13.0 Å². The molecule has 1 aliphatic carbocycles. The highest BCUT2D eigenvalue weighted by Crippen LogP contribution is 2.41. The summed E-state index contributed by atoms with van der Waals surface area (Å²) in [4.78, 5) is 23.9. The number of hydrogen-bond donors (Lipinski definition) is 2. The van der Waals surface area contributed by atoms with Crippen molar-refractivity contribution in [1.29, 1.82) is 0 Å². The standard InChI is InChI=1S/C18H25NO5S/c1-12-6-7-13(2)15(10-12)25(23,24)18(8-4-5-9-18)17(22)19-14(3)11-16(20)21/h6-7,10,14H,4-5,8-9,11H2,1-3H3,(H,19,22)(H,20,21). The number of carboxylic acid groups (broad SMARTS) is 1. The molecule has 0 radical (unpaired) electrons. The van der Waals surface area contributed by atoms with E-state index >= 15 is 0 Å². The summed E-state index contributed by atoms with van der Waals surface area (Å²) >= 11 is 0. The van der Waals surface area contributed by atoms with Gasteiger partial charge in [0.15, 0.2) is 14.6 Å². The van der Waals surface area contributed by atoms with Crippen molar-refractivity contribution >= 4 is 21.7 Å². The van der Waals surface area contributed by atoms with Gasteiger partial charge in [0.2, 0.25) is 5.91 Å². The second-order valence-electron chi connectivity index (χ2n) is 6.95. The van der Waals surface area contributed by atoms with Crippen molar-refractivity contribution in [2.45, 2.75) is 68.6 Å². The maximum Gasteiger partial charge on any atom is 0.305 e. The van der Waals surface area contributed by atoms with Crippen LogP contribution in [0.2, 0.25) is 0 Å². The van der Waals surface area contributed by atoms with Gasteiger partial charge in [-0.15, -0.1) is 0 Å². The number of carboxylic acids is 1. The van der Waals surface area contributed by atoms with Gasteiger partial charge in [-0.05, 0) is 50.8 Å². The maximum atomic E-state index is 13.4. The number of sulfone groups is 1. The summed E-state index contributed by atoms with van der Waals surface area (Å²) in [5.41, 5.74) is 1.43. The van der Waals surface area contributed by atoms with Crippen LogP contribution in [0, 0.1) is 13.8 Å². The first-order valence-corrected chi connectivity index (χ1v) is 9.93. The monoisotopic (exact) mass is 367 g/mol. The molecule has 1 aromatic rings. The third kappa shape index (κ3) is 3.71. The number of carbonyl (C=O) groups excluding carboxylic acids is 1. The Bertz CT molecular complexity index is 779. The van der Waals surface area contributed by atoms with Crippen LogP contribution in [0.4, 0.5) is 0 Å². The lowest BCUT2D eigenvalue weighted by Crippen LogP contribution is -2.53. The molecule has 1 fully saturated rings. The lowest BCUT2D eigenvalue weighted by atomic mass is 10.1. The summed E-state index contributed by atoms with van der Waals surface area (Å²) in [5, 5.41) is 11.5. The van der Waals surface area contributed by atoms with Crippen molar-refractivity contribution in [3.63, 3.8) is 0 Å². The second-order valence-corrected chi connectivity index (χ2v) is 9.17. The van der Waals surface area contributed by atoms with Crippen LogP contribution >= 0.6 is 0 Å². The zero-order valence-corrected chi connectivity index (χ0v) is 15.6. The average Bonchev–Trinajstić information content (AvgIpc) is 3.00. The Morgan fingerprint density at radius 1 is 1.24 bits per heavy atom. The van der Waals surface area contributed by atoms with E-state index in [1.165, 1.54) is 0 Å². The topological polar surface area (TPSA) is 101 Å². The fraction of sp³-hybridized carbons (Fsp3) is 0.556. The number of aryl methyl sites for hydroxylation is 2. The van der Waals surface area contributed by atoms with E-state index in [2.05, 4.69) is 5.32 Å². The van der Waals surface area contributed by atoms with Gasteiger partial charge in [0, 0.05) is 6.04 Å². The van der Waals surface area contributed by atoms with Gasteiger partial charge < -0.3 is 10.4 Å². The zero-order valence-electron chi connectivity index (χ0n) is 14.8. The van der Waals surface area contributed by atoms with Crippen molar-refractivity contribution in [3.05, 3.63) is 29.3 Å². The molecular weight excluding hydrogens is 342 g/mol. The Morgan fingerprint density at radius 3 is 2.40 bits per heavy atom. The second kappa shape index (κ2) is 7.15. The van der Waals surface area contributed by atoms with Crippen LogP contribution in [-0.4, -0.2) is 36.2 Å². The maximum absolute atomic E-state index is 13.4. The molecule has 1 unspecified atom stereocenters. The molecule has 1 amide bonds. The summed E-state index contributed by atoms with van der Waals surface area (Å²) in [6.45, 7) is 5.11. The van der Waals surface area contributed by atoms with Gasteiger partial charge in [0.05, 0.1) is 11.3 Å².